The Hall–Kier alpha value is -0.0300. The average molecular weight is 350 g/mol. The molecule has 80 valence electrons. The van der Waals surface area contributed by atoms with Crippen molar-refractivity contribution in [3.05, 3.63) is 21.3 Å². The van der Waals surface area contributed by atoms with E-state index in [4.69, 9.17) is 0 Å². The predicted molar refractivity (Wildman–Crippen MR) is 61.8 cm³/mol. The molecule has 0 unspecified atom stereocenters. The van der Waals surface area contributed by atoms with Gasteiger partial charge in [0.2, 0.25) is 0 Å². The van der Waals surface area contributed by atoms with Crippen LogP contribution in [-0.4, -0.2) is 29.9 Å². The van der Waals surface area contributed by atoms with Gasteiger partial charge in [0, 0.05) is 12.3 Å². The Bertz CT molecular complexity index is 366. The Morgan fingerprint density at radius 1 is 1.64 bits per heavy atom. The molecule has 6 nitrogen and oxygen atoms in total. The van der Waals surface area contributed by atoms with Crippen LogP contribution in [0.2, 0.25) is 0 Å². The second-order valence-electron chi connectivity index (χ2n) is 2.47. The number of nitrogens with zero attached hydrogens (tertiary/aromatic N) is 2. The third-order valence-electron chi connectivity index (χ3n) is 1.48. The molecule has 0 bridgehead atoms. The third-order valence-corrected chi connectivity index (χ3v) is 5.04. The summed E-state index contributed by atoms with van der Waals surface area (Å²) in [5, 5.41) is 10.4. The lowest BCUT2D eigenvalue weighted by atomic mass is 10.5. The van der Waals surface area contributed by atoms with E-state index in [2.05, 4.69) is 0 Å². The van der Waals surface area contributed by atoms with E-state index in [9.17, 15) is 18.5 Å². The fourth-order valence-corrected chi connectivity index (χ4v) is 4.54. The number of halogens is 1. The van der Waals surface area contributed by atoms with Gasteiger partial charge in [0.15, 0.2) is 5.03 Å². The van der Waals surface area contributed by atoms with Crippen LogP contribution < -0.4 is 0 Å². The van der Waals surface area contributed by atoms with E-state index in [1.54, 1.807) is 0 Å². The zero-order valence-electron chi connectivity index (χ0n) is 6.92. The quantitative estimate of drug-likeness (QED) is 0.323. The van der Waals surface area contributed by atoms with Crippen LogP contribution in [0.15, 0.2) is 11.2 Å². The van der Waals surface area contributed by atoms with Gasteiger partial charge in [-0.2, -0.15) is 8.42 Å². The van der Waals surface area contributed by atoms with Gasteiger partial charge in [0.05, 0.1) is 26.1 Å². The highest BCUT2D eigenvalue weighted by Crippen LogP contribution is 2.31. The molecule has 14 heavy (non-hydrogen) atoms. The van der Waals surface area contributed by atoms with Crippen molar-refractivity contribution in [1.29, 1.82) is 0 Å². The molecule has 0 aromatic rings. The topological polar surface area (TPSA) is 80.5 Å². The largest absolute Gasteiger partial charge is 0.289 e. The number of rotatable bonds is 2. The molecule has 0 spiro atoms. The summed E-state index contributed by atoms with van der Waals surface area (Å²) in [5.74, 6) is 0.711. The standard InChI is InChI=1S/C5H7IN2O4S2/c6-14(11,12)7-2-1-3-13-5(7)4-8(9)10/h4H,1-3H2. The van der Waals surface area contributed by atoms with E-state index in [1.807, 2.05) is 0 Å². The molecule has 0 amide bonds. The lowest BCUT2D eigenvalue weighted by Crippen LogP contribution is -2.30. The number of thioether (sulfide) groups is 1. The summed E-state index contributed by atoms with van der Waals surface area (Å²) in [4.78, 5) is 9.60. The van der Waals surface area contributed by atoms with Gasteiger partial charge in [-0.25, -0.2) is 0 Å². The summed E-state index contributed by atoms with van der Waals surface area (Å²) in [6.07, 6.45) is 1.45. The first-order valence-corrected chi connectivity index (χ1v) is 8.58. The molecule has 0 aromatic carbocycles. The summed E-state index contributed by atoms with van der Waals surface area (Å²) in [6.45, 7) is 0.317. The maximum absolute atomic E-state index is 11.2. The van der Waals surface area contributed by atoms with Gasteiger partial charge in [-0.05, 0) is 6.42 Å². The Kier molecular flexibility index (Phi) is 4.01. The summed E-state index contributed by atoms with van der Waals surface area (Å²) in [6, 6.07) is 0. The molecule has 9 heteroatoms. The van der Waals surface area contributed by atoms with Crippen LogP contribution in [0.5, 0.6) is 0 Å². The van der Waals surface area contributed by atoms with Gasteiger partial charge < -0.3 is 0 Å². The number of nitro groups is 1. The minimum Gasteiger partial charge on any atom is -0.259 e. The van der Waals surface area contributed by atoms with E-state index >= 15 is 0 Å². The van der Waals surface area contributed by atoms with Crippen molar-refractivity contribution in [3.8, 4) is 0 Å². The minimum atomic E-state index is -3.41. The lowest BCUT2D eigenvalue weighted by Gasteiger charge is -2.25. The molecule has 1 aliphatic rings. The average Bonchev–Trinajstić information content (AvgIpc) is 2.01. The Balaban J connectivity index is 2.96. The molecular formula is C5H7IN2O4S2. The fraction of sp³-hybridized carbons (Fsp3) is 0.600. The van der Waals surface area contributed by atoms with Crippen molar-refractivity contribution in [1.82, 2.24) is 4.31 Å². The van der Waals surface area contributed by atoms with Crippen LogP contribution in [0.25, 0.3) is 0 Å². The normalized spacial score (nSPS) is 21.2. The smallest absolute Gasteiger partial charge is 0.259 e. The van der Waals surface area contributed by atoms with Crippen LogP contribution in [-0.2, 0) is 7.19 Å². The summed E-state index contributed by atoms with van der Waals surface area (Å²) < 4.78 is 23.5. The van der Waals surface area contributed by atoms with Crippen LogP contribution in [0.1, 0.15) is 6.42 Å². The lowest BCUT2D eigenvalue weighted by molar-refractivity contribution is -0.403. The highest BCUT2D eigenvalue weighted by atomic mass is 127. The van der Waals surface area contributed by atoms with Crippen molar-refractivity contribution < 1.29 is 13.3 Å². The highest BCUT2D eigenvalue weighted by Gasteiger charge is 2.27. The monoisotopic (exact) mass is 350 g/mol. The van der Waals surface area contributed by atoms with Crippen LogP contribution in [0.4, 0.5) is 0 Å². The first-order valence-electron chi connectivity index (χ1n) is 3.61. The molecule has 1 fully saturated rings. The molecule has 1 aliphatic heterocycles. The summed E-state index contributed by atoms with van der Waals surface area (Å²) >= 11 is 2.47. The van der Waals surface area contributed by atoms with Crippen molar-refractivity contribution in [2.45, 2.75) is 6.42 Å². The number of hydrogen-bond acceptors (Lipinski definition) is 5. The first-order chi connectivity index (χ1) is 6.41. The first kappa shape index (κ1) is 12.0. The Morgan fingerprint density at radius 3 is 2.79 bits per heavy atom. The van der Waals surface area contributed by atoms with Crippen molar-refractivity contribution >= 4 is 40.2 Å². The molecule has 0 aliphatic carbocycles. The molecule has 1 saturated heterocycles. The Labute approximate surface area is 97.5 Å². The van der Waals surface area contributed by atoms with Gasteiger partial charge >= 0.3 is 0 Å². The van der Waals surface area contributed by atoms with E-state index in [-0.39, 0.29) is 5.03 Å². The highest BCUT2D eigenvalue weighted by molar-refractivity contribution is 14.2. The maximum atomic E-state index is 11.2. The molecule has 0 radical (unpaired) electrons. The van der Waals surface area contributed by atoms with Gasteiger partial charge in [0.1, 0.15) is 0 Å². The molecule has 1 heterocycles. The zero-order valence-corrected chi connectivity index (χ0v) is 10.7. The molecule has 0 atom stereocenters. The number of hydrogen-bond donors (Lipinski definition) is 0. The predicted octanol–water partition coefficient (Wildman–Crippen LogP) is 1.18. The van der Waals surface area contributed by atoms with E-state index in [0.29, 0.717) is 18.7 Å². The van der Waals surface area contributed by atoms with Gasteiger partial charge in [0.25, 0.3) is 13.4 Å². The second-order valence-corrected chi connectivity index (χ2v) is 8.19. The molecule has 0 N–H and O–H groups in total. The zero-order chi connectivity index (χ0) is 10.8. The second kappa shape index (κ2) is 4.66. The van der Waals surface area contributed by atoms with Crippen molar-refractivity contribution in [3.63, 3.8) is 0 Å². The fourth-order valence-electron chi connectivity index (χ4n) is 0.975. The van der Waals surface area contributed by atoms with Crippen LogP contribution in [0, 0.1) is 10.1 Å². The molecule has 0 aromatic heterocycles. The van der Waals surface area contributed by atoms with Crippen molar-refractivity contribution in [2.24, 2.45) is 0 Å². The van der Waals surface area contributed by atoms with Gasteiger partial charge in [-0.1, -0.05) is 0 Å². The Morgan fingerprint density at radius 2 is 2.29 bits per heavy atom. The van der Waals surface area contributed by atoms with E-state index in [0.717, 1.165) is 10.5 Å². The molecule has 0 saturated carbocycles. The maximum Gasteiger partial charge on any atom is 0.289 e. The van der Waals surface area contributed by atoms with E-state index < -0.39 is 12.1 Å². The van der Waals surface area contributed by atoms with E-state index in [1.165, 1.54) is 33.0 Å². The van der Waals surface area contributed by atoms with Gasteiger partial charge in [-0.15, -0.1) is 11.8 Å². The summed E-state index contributed by atoms with van der Waals surface area (Å²) in [5.41, 5.74) is 0. The molecule has 1 rings (SSSR count). The SMILES string of the molecule is O=[N+]([O-])C=C1SCCCN1S(=O)(=O)I. The van der Waals surface area contributed by atoms with Crippen LogP contribution in [0.3, 0.4) is 0 Å². The minimum absolute atomic E-state index is 0.190. The van der Waals surface area contributed by atoms with Gasteiger partial charge in [-0.3, -0.25) is 14.4 Å². The summed E-state index contributed by atoms with van der Waals surface area (Å²) in [7, 11) is -3.41. The van der Waals surface area contributed by atoms with Crippen LogP contribution >= 0.6 is 33.0 Å². The van der Waals surface area contributed by atoms with Crippen molar-refractivity contribution in [2.75, 3.05) is 12.3 Å². The third kappa shape index (κ3) is 3.28. The molecular weight excluding hydrogens is 343 g/mol.